The number of carbonyl (C=O) groups excluding carboxylic acids is 1. The van der Waals surface area contributed by atoms with Crippen molar-refractivity contribution in [1.82, 2.24) is 0 Å². The molecule has 0 aromatic heterocycles. The van der Waals surface area contributed by atoms with Crippen LogP contribution >= 0.6 is 23.2 Å². The van der Waals surface area contributed by atoms with E-state index in [0.717, 1.165) is 0 Å². The maximum atomic E-state index is 11.0. The van der Waals surface area contributed by atoms with E-state index in [-0.39, 0.29) is 11.3 Å². The second-order valence-electron chi connectivity index (χ2n) is 3.22. The molecule has 1 aliphatic rings. The van der Waals surface area contributed by atoms with Gasteiger partial charge in [0.1, 0.15) is 0 Å². The molecule has 0 bridgehead atoms. The molecule has 1 saturated heterocycles. The first kappa shape index (κ1) is 11.2. The summed E-state index contributed by atoms with van der Waals surface area (Å²) in [4.78, 5) is 21.1. The van der Waals surface area contributed by atoms with E-state index < -0.39 is 21.3 Å². The van der Waals surface area contributed by atoms with Crippen LogP contribution in [0.1, 0.15) is 11.7 Å². The lowest BCUT2D eigenvalue weighted by molar-refractivity contribution is -0.386. The third kappa shape index (κ3) is 1.52. The number of esters is 1. The molecule has 0 amide bonds. The predicted octanol–water partition coefficient (Wildman–Crippen LogP) is 2.37. The summed E-state index contributed by atoms with van der Waals surface area (Å²) in [6.07, 6.45) is -0.995. The van der Waals surface area contributed by atoms with Crippen molar-refractivity contribution in [2.75, 3.05) is 0 Å². The van der Waals surface area contributed by atoms with Gasteiger partial charge in [-0.2, -0.15) is 0 Å². The summed E-state index contributed by atoms with van der Waals surface area (Å²) in [5.74, 6) is -0.793. The largest absolute Gasteiger partial charge is 0.451 e. The SMILES string of the molecule is O=C1OC(c2ccccc2[N+](=O)[O-])C1(Cl)Cl. The molecule has 0 spiro atoms. The van der Waals surface area contributed by atoms with Gasteiger partial charge in [0.25, 0.3) is 10.0 Å². The van der Waals surface area contributed by atoms with Crippen LogP contribution in [0.25, 0.3) is 0 Å². The minimum Gasteiger partial charge on any atom is -0.451 e. The van der Waals surface area contributed by atoms with Crippen LogP contribution in [0.2, 0.25) is 0 Å². The second kappa shape index (κ2) is 3.61. The van der Waals surface area contributed by atoms with Crippen molar-refractivity contribution in [1.29, 1.82) is 0 Å². The lowest BCUT2D eigenvalue weighted by atomic mass is 10.00. The van der Waals surface area contributed by atoms with Gasteiger partial charge in [0, 0.05) is 6.07 Å². The number of alkyl halides is 2. The van der Waals surface area contributed by atoms with Crippen molar-refractivity contribution >= 4 is 34.9 Å². The number of nitro benzene ring substituents is 1. The maximum absolute atomic E-state index is 11.0. The predicted molar refractivity (Wildman–Crippen MR) is 56.4 cm³/mol. The quantitative estimate of drug-likeness (QED) is 0.355. The Balaban J connectivity index is 2.43. The molecule has 1 aromatic carbocycles. The van der Waals surface area contributed by atoms with Crippen molar-refractivity contribution in [3.63, 3.8) is 0 Å². The highest BCUT2D eigenvalue weighted by atomic mass is 35.5. The molecule has 1 atom stereocenters. The lowest BCUT2D eigenvalue weighted by Crippen LogP contribution is -2.48. The average molecular weight is 262 g/mol. The summed E-state index contributed by atoms with van der Waals surface area (Å²) in [6.45, 7) is 0. The van der Waals surface area contributed by atoms with E-state index in [4.69, 9.17) is 27.9 Å². The molecule has 2 rings (SSSR count). The molecule has 1 heterocycles. The summed E-state index contributed by atoms with van der Waals surface area (Å²) in [7, 11) is 0. The standard InChI is InChI=1S/C9H5Cl2NO4/c10-9(11)7(16-8(9)13)5-3-1-2-4-6(5)12(14)15/h1-4,7H. The second-order valence-corrected chi connectivity index (χ2v) is 4.61. The fourth-order valence-corrected chi connectivity index (χ4v) is 1.86. The van der Waals surface area contributed by atoms with Crippen LogP contribution in [0.3, 0.4) is 0 Å². The Labute approximate surface area is 100 Å². The van der Waals surface area contributed by atoms with Gasteiger partial charge in [-0.05, 0) is 6.07 Å². The zero-order chi connectivity index (χ0) is 11.9. The molecule has 1 fully saturated rings. The molecule has 5 nitrogen and oxygen atoms in total. The van der Waals surface area contributed by atoms with Crippen molar-refractivity contribution in [3.05, 3.63) is 39.9 Å². The van der Waals surface area contributed by atoms with Gasteiger partial charge in [-0.15, -0.1) is 0 Å². The molecule has 1 unspecified atom stereocenters. The van der Waals surface area contributed by atoms with Gasteiger partial charge in [-0.3, -0.25) is 10.1 Å². The minimum atomic E-state index is -1.74. The normalized spacial score (nSPS) is 22.1. The number of halogens is 2. The number of hydrogen-bond acceptors (Lipinski definition) is 4. The van der Waals surface area contributed by atoms with Crippen LogP contribution in [0.4, 0.5) is 5.69 Å². The summed E-state index contributed by atoms with van der Waals surface area (Å²) in [6, 6.07) is 5.84. The Morgan fingerprint density at radius 3 is 2.50 bits per heavy atom. The summed E-state index contributed by atoms with van der Waals surface area (Å²) >= 11 is 11.4. The van der Waals surface area contributed by atoms with Crippen molar-refractivity contribution in [2.24, 2.45) is 0 Å². The third-order valence-electron chi connectivity index (χ3n) is 2.24. The van der Waals surface area contributed by atoms with Gasteiger partial charge in [-0.25, -0.2) is 4.79 Å². The molecule has 84 valence electrons. The average Bonchev–Trinajstić information content (AvgIpc) is 2.25. The number of hydrogen-bond donors (Lipinski definition) is 0. The van der Waals surface area contributed by atoms with E-state index in [9.17, 15) is 14.9 Å². The van der Waals surface area contributed by atoms with Gasteiger partial charge in [0.05, 0.1) is 10.5 Å². The monoisotopic (exact) mass is 261 g/mol. The summed E-state index contributed by atoms with van der Waals surface area (Å²) in [5, 5.41) is 10.7. The van der Waals surface area contributed by atoms with Gasteiger partial charge >= 0.3 is 5.97 Å². The zero-order valence-electron chi connectivity index (χ0n) is 7.72. The number of cyclic esters (lactones) is 1. The third-order valence-corrected chi connectivity index (χ3v) is 2.95. The first-order valence-corrected chi connectivity index (χ1v) is 5.02. The molecule has 0 N–H and O–H groups in total. The fourth-order valence-electron chi connectivity index (χ4n) is 1.44. The molecule has 0 aliphatic carbocycles. The van der Waals surface area contributed by atoms with Crippen LogP contribution in [-0.2, 0) is 9.53 Å². The van der Waals surface area contributed by atoms with Crippen LogP contribution in [0.15, 0.2) is 24.3 Å². The number of rotatable bonds is 2. The molecule has 16 heavy (non-hydrogen) atoms. The lowest BCUT2D eigenvalue weighted by Gasteiger charge is -2.37. The Kier molecular flexibility index (Phi) is 2.52. The van der Waals surface area contributed by atoms with E-state index in [2.05, 4.69) is 0 Å². The summed E-state index contributed by atoms with van der Waals surface area (Å²) < 4.78 is 2.98. The van der Waals surface area contributed by atoms with Gasteiger partial charge in [0.2, 0.25) is 0 Å². The first-order chi connectivity index (χ1) is 7.44. The van der Waals surface area contributed by atoms with E-state index >= 15 is 0 Å². The van der Waals surface area contributed by atoms with Crippen molar-refractivity contribution < 1.29 is 14.5 Å². The van der Waals surface area contributed by atoms with E-state index in [1.807, 2.05) is 0 Å². The van der Waals surface area contributed by atoms with Crippen LogP contribution in [0, 0.1) is 10.1 Å². The minimum absolute atomic E-state index is 0.175. The van der Waals surface area contributed by atoms with E-state index in [1.54, 1.807) is 6.07 Å². The van der Waals surface area contributed by atoms with Crippen LogP contribution in [0.5, 0.6) is 0 Å². The summed E-state index contributed by atoms with van der Waals surface area (Å²) in [5.41, 5.74) is 0.0165. The maximum Gasteiger partial charge on any atom is 0.347 e. The van der Waals surface area contributed by atoms with Gasteiger partial charge < -0.3 is 4.74 Å². The Bertz CT molecular complexity index is 474. The molecule has 0 radical (unpaired) electrons. The van der Waals surface area contributed by atoms with Crippen LogP contribution < -0.4 is 0 Å². The number of ether oxygens (including phenoxy) is 1. The molecular weight excluding hydrogens is 257 g/mol. The Hall–Kier alpha value is -1.33. The number of para-hydroxylation sites is 1. The number of nitrogens with zero attached hydrogens (tertiary/aromatic N) is 1. The first-order valence-electron chi connectivity index (χ1n) is 4.27. The molecular formula is C9H5Cl2NO4. The molecule has 7 heteroatoms. The highest BCUT2D eigenvalue weighted by Crippen LogP contribution is 2.50. The van der Waals surface area contributed by atoms with Crippen molar-refractivity contribution in [3.8, 4) is 0 Å². The molecule has 1 aliphatic heterocycles. The highest BCUT2D eigenvalue weighted by Gasteiger charge is 2.58. The Morgan fingerprint density at radius 2 is 2.00 bits per heavy atom. The number of carbonyl (C=O) groups is 1. The van der Waals surface area contributed by atoms with Crippen molar-refractivity contribution in [2.45, 2.75) is 10.4 Å². The van der Waals surface area contributed by atoms with Gasteiger partial charge in [-0.1, -0.05) is 35.3 Å². The zero-order valence-corrected chi connectivity index (χ0v) is 9.23. The number of nitro groups is 1. The number of benzene rings is 1. The smallest absolute Gasteiger partial charge is 0.347 e. The topological polar surface area (TPSA) is 69.4 Å². The molecule has 0 saturated carbocycles. The fraction of sp³-hybridized carbons (Fsp3) is 0.222. The molecule has 1 aromatic rings. The van der Waals surface area contributed by atoms with Gasteiger partial charge in [0.15, 0.2) is 6.10 Å². The van der Waals surface area contributed by atoms with E-state index in [0.29, 0.717) is 0 Å². The van der Waals surface area contributed by atoms with E-state index in [1.165, 1.54) is 18.2 Å². The highest BCUT2D eigenvalue weighted by molar-refractivity contribution is 6.59. The van der Waals surface area contributed by atoms with Crippen LogP contribution in [-0.4, -0.2) is 15.2 Å². The Morgan fingerprint density at radius 1 is 1.38 bits per heavy atom.